The van der Waals surface area contributed by atoms with E-state index in [9.17, 15) is 0 Å². The summed E-state index contributed by atoms with van der Waals surface area (Å²) in [7, 11) is 0. The van der Waals surface area contributed by atoms with Crippen molar-refractivity contribution in [2.45, 2.75) is 45.6 Å². The number of benzene rings is 2. The molecule has 21 heavy (non-hydrogen) atoms. The molecule has 1 N–H and O–H groups in total. The van der Waals surface area contributed by atoms with Crippen LogP contribution >= 0.6 is 0 Å². The Balaban J connectivity index is 1.81. The van der Waals surface area contributed by atoms with E-state index >= 15 is 0 Å². The Morgan fingerprint density at radius 2 is 1.81 bits per heavy atom. The molecule has 2 fully saturated rings. The van der Waals surface area contributed by atoms with Crippen LogP contribution in [0.4, 0.5) is 5.69 Å². The van der Waals surface area contributed by atoms with Crippen LogP contribution in [0.5, 0.6) is 0 Å². The average Bonchev–Trinajstić information content (AvgIpc) is 2.82. The Bertz CT molecular complexity index is 682. The topological polar surface area (TPSA) is 12.0 Å². The summed E-state index contributed by atoms with van der Waals surface area (Å²) in [5, 5.41) is 6.71. The highest BCUT2D eigenvalue weighted by molar-refractivity contribution is 5.94. The Hall–Kier alpha value is -1.50. The first-order chi connectivity index (χ1) is 10.0. The first kappa shape index (κ1) is 13.2. The van der Waals surface area contributed by atoms with E-state index in [1.807, 2.05) is 0 Å². The summed E-state index contributed by atoms with van der Waals surface area (Å²) in [6.07, 6.45) is 4.08. The maximum absolute atomic E-state index is 4.03. The van der Waals surface area contributed by atoms with Crippen LogP contribution < -0.4 is 5.32 Å². The van der Waals surface area contributed by atoms with E-state index in [1.165, 1.54) is 35.7 Å². The van der Waals surface area contributed by atoms with Gasteiger partial charge in [0.15, 0.2) is 0 Å². The fourth-order valence-corrected chi connectivity index (χ4v) is 5.29. The highest BCUT2D eigenvalue weighted by atomic mass is 15.0. The molecule has 2 aliphatic carbocycles. The number of anilines is 1. The molecule has 0 radical (unpaired) electrons. The zero-order chi connectivity index (χ0) is 14.7. The predicted molar refractivity (Wildman–Crippen MR) is 90.6 cm³/mol. The van der Waals surface area contributed by atoms with Gasteiger partial charge in [0.05, 0.1) is 0 Å². The summed E-state index contributed by atoms with van der Waals surface area (Å²) >= 11 is 0. The number of nitrogens with one attached hydrogen (secondary N) is 1. The molecule has 0 amide bonds. The van der Waals surface area contributed by atoms with Crippen molar-refractivity contribution in [3.8, 4) is 0 Å². The standard InChI is InChI=1S/C20H25N/c1-14-13-16-11-12-20(14,19(16,2)3)21-18-10-6-8-15-7-4-5-9-17(15)18/h4-10,14,16,21H,11-13H2,1-3H3. The molecule has 2 saturated carbocycles. The molecule has 3 atom stereocenters. The van der Waals surface area contributed by atoms with E-state index < -0.39 is 0 Å². The van der Waals surface area contributed by atoms with Crippen LogP contribution in [-0.2, 0) is 0 Å². The third-order valence-electron chi connectivity index (χ3n) is 6.68. The van der Waals surface area contributed by atoms with E-state index in [0.29, 0.717) is 5.41 Å². The molecule has 0 heterocycles. The van der Waals surface area contributed by atoms with Crippen LogP contribution in [0.1, 0.15) is 40.0 Å². The molecule has 3 unspecified atom stereocenters. The van der Waals surface area contributed by atoms with Gasteiger partial charge in [-0.2, -0.15) is 0 Å². The Morgan fingerprint density at radius 3 is 2.52 bits per heavy atom. The van der Waals surface area contributed by atoms with Crippen molar-refractivity contribution in [3.63, 3.8) is 0 Å². The van der Waals surface area contributed by atoms with E-state index in [-0.39, 0.29) is 5.54 Å². The molecule has 1 heteroatoms. The Morgan fingerprint density at radius 1 is 1.05 bits per heavy atom. The van der Waals surface area contributed by atoms with Gasteiger partial charge in [-0.3, -0.25) is 0 Å². The lowest BCUT2D eigenvalue weighted by molar-refractivity contribution is 0.214. The third kappa shape index (κ3) is 1.64. The second kappa shape index (κ2) is 4.25. The molecule has 2 aliphatic rings. The SMILES string of the molecule is CC1CC2CCC1(Nc1cccc3ccccc13)C2(C)C. The van der Waals surface area contributed by atoms with E-state index in [1.54, 1.807) is 0 Å². The van der Waals surface area contributed by atoms with E-state index in [4.69, 9.17) is 0 Å². The van der Waals surface area contributed by atoms with Crippen LogP contribution in [0, 0.1) is 17.3 Å². The highest BCUT2D eigenvalue weighted by Crippen LogP contribution is 2.63. The second-order valence-electron chi connectivity index (χ2n) is 7.72. The smallest absolute Gasteiger partial charge is 0.0453 e. The zero-order valence-corrected chi connectivity index (χ0v) is 13.3. The average molecular weight is 279 g/mol. The maximum Gasteiger partial charge on any atom is 0.0453 e. The fraction of sp³-hybridized carbons (Fsp3) is 0.500. The third-order valence-corrected chi connectivity index (χ3v) is 6.68. The number of hydrogen-bond donors (Lipinski definition) is 1. The summed E-state index contributed by atoms with van der Waals surface area (Å²) in [6, 6.07) is 15.4. The molecule has 110 valence electrons. The van der Waals surface area contributed by atoms with Gasteiger partial charge in [0, 0.05) is 16.6 Å². The van der Waals surface area contributed by atoms with Crippen molar-refractivity contribution in [3.05, 3.63) is 42.5 Å². The van der Waals surface area contributed by atoms with Gasteiger partial charge in [0.2, 0.25) is 0 Å². The van der Waals surface area contributed by atoms with Gasteiger partial charge in [-0.1, -0.05) is 57.2 Å². The van der Waals surface area contributed by atoms with Crippen molar-refractivity contribution >= 4 is 16.5 Å². The Kier molecular flexibility index (Phi) is 2.67. The van der Waals surface area contributed by atoms with Crippen molar-refractivity contribution in [1.82, 2.24) is 0 Å². The first-order valence-corrected chi connectivity index (χ1v) is 8.30. The molecule has 4 rings (SSSR count). The van der Waals surface area contributed by atoms with E-state index in [0.717, 1.165) is 11.8 Å². The Labute approximate surface area is 127 Å². The molecule has 0 saturated heterocycles. The molecular formula is C20H25N. The van der Waals surface area contributed by atoms with Crippen LogP contribution in [0.15, 0.2) is 42.5 Å². The summed E-state index contributed by atoms with van der Waals surface area (Å²) in [6.45, 7) is 7.40. The lowest BCUT2D eigenvalue weighted by atomic mass is 9.72. The first-order valence-electron chi connectivity index (χ1n) is 8.30. The molecular weight excluding hydrogens is 254 g/mol. The van der Waals surface area contributed by atoms with E-state index in [2.05, 4.69) is 68.6 Å². The van der Waals surface area contributed by atoms with Crippen molar-refractivity contribution in [1.29, 1.82) is 0 Å². The van der Waals surface area contributed by atoms with Crippen LogP contribution in [0.3, 0.4) is 0 Å². The quantitative estimate of drug-likeness (QED) is 0.769. The summed E-state index contributed by atoms with van der Waals surface area (Å²) in [5.74, 6) is 1.64. The zero-order valence-electron chi connectivity index (χ0n) is 13.3. The summed E-state index contributed by atoms with van der Waals surface area (Å²) < 4.78 is 0. The van der Waals surface area contributed by atoms with Gasteiger partial charge in [-0.05, 0) is 48.0 Å². The van der Waals surface area contributed by atoms with Gasteiger partial charge in [-0.15, -0.1) is 0 Å². The number of hydrogen-bond acceptors (Lipinski definition) is 1. The molecule has 2 bridgehead atoms. The van der Waals surface area contributed by atoms with Crippen molar-refractivity contribution < 1.29 is 0 Å². The largest absolute Gasteiger partial charge is 0.378 e. The van der Waals surface area contributed by atoms with Gasteiger partial charge >= 0.3 is 0 Å². The van der Waals surface area contributed by atoms with Crippen LogP contribution in [-0.4, -0.2) is 5.54 Å². The lowest BCUT2D eigenvalue weighted by Gasteiger charge is -2.43. The number of rotatable bonds is 2. The van der Waals surface area contributed by atoms with Gasteiger partial charge in [-0.25, -0.2) is 0 Å². The molecule has 0 aliphatic heterocycles. The molecule has 0 aromatic heterocycles. The molecule has 2 aromatic rings. The monoisotopic (exact) mass is 279 g/mol. The summed E-state index contributed by atoms with van der Waals surface area (Å²) in [5.41, 5.74) is 1.97. The number of fused-ring (bicyclic) bond motifs is 3. The van der Waals surface area contributed by atoms with Crippen LogP contribution in [0.25, 0.3) is 10.8 Å². The molecule has 0 spiro atoms. The normalized spacial score (nSPS) is 33.5. The van der Waals surface area contributed by atoms with Gasteiger partial charge in [0.25, 0.3) is 0 Å². The fourth-order valence-electron chi connectivity index (χ4n) is 5.29. The molecule has 2 aromatic carbocycles. The van der Waals surface area contributed by atoms with Crippen molar-refractivity contribution in [2.24, 2.45) is 17.3 Å². The predicted octanol–water partition coefficient (Wildman–Crippen LogP) is 5.47. The lowest BCUT2D eigenvalue weighted by Crippen LogP contribution is -2.49. The minimum atomic E-state index is 0.266. The molecule has 1 nitrogen and oxygen atoms in total. The summed E-state index contributed by atoms with van der Waals surface area (Å²) in [4.78, 5) is 0. The van der Waals surface area contributed by atoms with Crippen molar-refractivity contribution in [2.75, 3.05) is 5.32 Å². The minimum absolute atomic E-state index is 0.266. The minimum Gasteiger partial charge on any atom is -0.378 e. The maximum atomic E-state index is 4.03. The van der Waals surface area contributed by atoms with Crippen LogP contribution in [0.2, 0.25) is 0 Å². The van der Waals surface area contributed by atoms with Gasteiger partial charge < -0.3 is 5.32 Å². The highest BCUT2D eigenvalue weighted by Gasteiger charge is 2.62. The second-order valence-corrected chi connectivity index (χ2v) is 7.72. The van der Waals surface area contributed by atoms with Gasteiger partial charge in [0.1, 0.15) is 0 Å².